The van der Waals surface area contributed by atoms with E-state index < -0.39 is 0 Å². The van der Waals surface area contributed by atoms with Gasteiger partial charge in [-0.2, -0.15) is 0 Å². The van der Waals surface area contributed by atoms with Crippen LogP contribution in [0.2, 0.25) is 0 Å². The average Bonchev–Trinajstić information content (AvgIpc) is 3.86. The molecule has 0 unspecified atom stereocenters. The number of aromatic nitrogens is 4. The van der Waals surface area contributed by atoms with Crippen molar-refractivity contribution in [3.63, 3.8) is 0 Å². The zero-order chi connectivity index (χ0) is 35.8. The van der Waals surface area contributed by atoms with E-state index in [2.05, 4.69) is 179 Å². The number of thiophene rings is 1. The summed E-state index contributed by atoms with van der Waals surface area (Å²) in [5.74, 6) is 0.832. The second-order valence-corrected chi connectivity index (χ2v) is 15.5. The molecule has 13 rings (SSSR count). The Morgan fingerprint density at radius 2 is 1.07 bits per heavy atom. The van der Waals surface area contributed by atoms with Gasteiger partial charge in [0.05, 0.1) is 27.8 Å². The quantitative estimate of drug-likeness (QED) is 0.179. The molecule has 1 aliphatic heterocycles. The van der Waals surface area contributed by atoms with Crippen molar-refractivity contribution in [3.8, 4) is 45.0 Å². The van der Waals surface area contributed by atoms with Gasteiger partial charge in [0, 0.05) is 48.3 Å². The van der Waals surface area contributed by atoms with E-state index in [4.69, 9.17) is 9.97 Å². The van der Waals surface area contributed by atoms with Crippen LogP contribution in [0.3, 0.4) is 0 Å². The van der Waals surface area contributed by atoms with Crippen LogP contribution in [0.25, 0.3) is 120 Å². The van der Waals surface area contributed by atoms with E-state index in [1.54, 1.807) is 11.3 Å². The molecule has 55 heavy (non-hydrogen) atoms. The predicted octanol–water partition coefficient (Wildman–Crippen LogP) is 13.5. The van der Waals surface area contributed by atoms with Crippen molar-refractivity contribution in [1.29, 1.82) is 0 Å². The zero-order valence-electron chi connectivity index (χ0n) is 29.4. The van der Waals surface area contributed by atoms with Crippen LogP contribution in [0.15, 0.2) is 170 Å². The van der Waals surface area contributed by atoms with Crippen molar-refractivity contribution in [1.82, 2.24) is 19.1 Å². The van der Waals surface area contributed by atoms with Gasteiger partial charge in [-0.3, -0.25) is 4.57 Å². The Hall–Kier alpha value is -7.08. The lowest BCUT2D eigenvalue weighted by atomic mass is 9.91. The van der Waals surface area contributed by atoms with E-state index in [-0.39, 0.29) is 0 Å². The summed E-state index contributed by atoms with van der Waals surface area (Å²) in [6.07, 6.45) is 0. The molecule has 1 aliphatic rings. The summed E-state index contributed by atoms with van der Waals surface area (Å²) < 4.78 is 6.10. The summed E-state index contributed by atoms with van der Waals surface area (Å²) in [5, 5.41) is 8.32. The molecule has 0 radical (unpaired) electrons. The molecular weight excluding hydrogens is 689 g/mol. The molecular formula is C50H28N4S. The molecule has 4 nitrogen and oxygen atoms in total. The maximum Gasteiger partial charge on any atom is 0.165 e. The minimum atomic E-state index is 0.832. The van der Waals surface area contributed by atoms with Gasteiger partial charge in [-0.15, -0.1) is 11.3 Å². The molecule has 0 fully saturated rings. The Morgan fingerprint density at radius 1 is 0.436 bits per heavy atom. The van der Waals surface area contributed by atoms with Gasteiger partial charge >= 0.3 is 0 Å². The van der Waals surface area contributed by atoms with Crippen molar-refractivity contribution in [2.45, 2.75) is 0 Å². The molecule has 4 aromatic heterocycles. The van der Waals surface area contributed by atoms with Crippen LogP contribution in [0, 0.1) is 0 Å². The Bertz CT molecular complexity index is 3610. The molecule has 0 spiro atoms. The minimum absolute atomic E-state index is 0.832. The lowest BCUT2D eigenvalue weighted by Crippen LogP contribution is -2.03. The predicted molar refractivity (Wildman–Crippen MR) is 231 cm³/mol. The molecule has 0 amide bonds. The number of rotatable bonds is 2. The number of benzene rings is 8. The van der Waals surface area contributed by atoms with E-state index in [0.717, 1.165) is 49.2 Å². The third-order valence-electron chi connectivity index (χ3n) is 11.7. The number of nitrogens with zero attached hydrogens (tertiary/aromatic N) is 4. The highest BCUT2D eigenvalue weighted by atomic mass is 32.1. The van der Waals surface area contributed by atoms with Crippen LogP contribution in [0.4, 0.5) is 0 Å². The first-order valence-corrected chi connectivity index (χ1v) is 19.5. The summed E-state index contributed by atoms with van der Waals surface area (Å²) in [7, 11) is 0. The van der Waals surface area contributed by atoms with Gasteiger partial charge in [-0.25, -0.2) is 9.97 Å². The fourth-order valence-electron chi connectivity index (χ4n) is 9.43. The van der Waals surface area contributed by atoms with E-state index in [9.17, 15) is 0 Å². The highest BCUT2D eigenvalue weighted by Crippen LogP contribution is 2.52. The van der Waals surface area contributed by atoms with Crippen LogP contribution >= 0.6 is 11.3 Å². The molecule has 254 valence electrons. The monoisotopic (exact) mass is 716 g/mol. The third-order valence-corrected chi connectivity index (χ3v) is 12.7. The summed E-state index contributed by atoms with van der Waals surface area (Å²) in [6, 6.07) is 61.7. The smallest absolute Gasteiger partial charge is 0.165 e. The zero-order valence-corrected chi connectivity index (χ0v) is 30.2. The molecule has 0 saturated heterocycles. The summed E-state index contributed by atoms with van der Waals surface area (Å²) >= 11 is 1.71. The fraction of sp³-hybridized carbons (Fsp3) is 0. The maximum atomic E-state index is 5.71. The van der Waals surface area contributed by atoms with Gasteiger partial charge < -0.3 is 4.57 Å². The topological polar surface area (TPSA) is 35.6 Å². The maximum absolute atomic E-state index is 5.71. The van der Waals surface area contributed by atoms with E-state index >= 15 is 0 Å². The van der Waals surface area contributed by atoms with Gasteiger partial charge in [0.1, 0.15) is 16.0 Å². The second-order valence-electron chi connectivity index (χ2n) is 14.5. The largest absolute Gasteiger partial charge is 0.308 e. The standard InChI is InChI=1S/C50H28N4S/c1-2-16-30-29(14-1)15-13-23-35(30)46-49(51-47-37-22-8-12-27-43(37)55-50(47)52-46)54-41-26-11-7-21-36(41)44-42(54)28-38-33-19-6-10-25-40(33)53-39-24-9-5-18-32(39)31-17-3-4-20-34(31)45(44)48(38)53/h1-28H. The van der Waals surface area contributed by atoms with Gasteiger partial charge in [-0.05, 0) is 52.2 Å². The lowest BCUT2D eigenvalue weighted by Gasteiger charge is -2.15. The first-order chi connectivity index (χ1) is 27.3. The van der Waals surface area contributed by atoms with Gasteiger partial charge in [-0.1, -0.05) is 140 Å². The van der Waals surface area contributed by atoms with Crippen molar-refractivity contribution in [2.75, 3.05) is 0 Å². The summed E-state index contributed by atoms with van der Waals surface area (Å²) in [5.41, 5.74) is 13.7. The van der Waals surface area contributed by atoms with Gasteiger partial charge in [0.2, 0.25) is 0 Å². The van der Waals surface area contributed by atoms with Crippen molar-refractivity contribution in [3.05, 3.63) is 170 Å². The fourth-order valence-corrected chi connectivity index (χ4v) is 10.4. The molecule has 12 aromatic rings. The van der Waals surface area contributed by atoms with E-state index in [0.29, 0.717) is 0 Å². The number of fused-ring (bicyclic) bond motifs is 16. The van der Waals surface area contributed by atoms with Crippen LogP contribution in [-0.2, 0) is 0 Å². The normalized spacial score (nSPS) is 12.4. The second kappa shape index (κ2) is 10.8. The average molecular weight is 717 g/mol. The van der Waals surface area contributed by atoms with Gasteiger partial charge in [0.25, 0.3) is 0 Å². The molecule has 0 saturated carbocycles. The molecule has 5 heteroatoms. The molecule has 0 aliphatic carbocycles. The van der Waals surface area contributed by atoms with Crippen molar-refractivity contribution < 1.29 is 0 Å². The van der Waals surface area contributed by atoms with E-state index in [1.807, 2.05) is 0 Å². The highest BCUT2D eigenvalue weighted by molar-refractivity contribution is 7.25. The lowest BCUT2D eigenvalue weighted by molar-refractivity contribution is 1.09. The Balaban J connectivity index is 1.28. The third kappa shape index (κ3) is 3.84. The number of hydrogen-bond donors (Lipinski definition) is 0. The van der Waals surface area contributed by atoms with Crippen LogP contribution in [0.5, 0.6) is 0 Å². The van der Waals surface area contributed by atoms with Crippen LogP contribution < -0.4 is 0 Å². The molecule has 0 N–H and O–H groups in total. The molecule has 8 aromatic carbocycles. The van der Waals surface area contributed by atoms with Crippen molar-refractivity contribution >= 4 is 86.2 Å². The van der Waals surface area contributed by atoms with Crippen LogP contribution in [0.1, 0.15) is 0 Å². The summed E-state index contributed by atoms with van der Waals surface area (Å²) in [6.45, 7) is 0. The Kier molecular flexibility index (Phi) is 5.74. The first-order valence-electron chi connectivity index (χ1n) is 18.7. The summed E-state index contributed by atoms with van der Waals surface area (Å²) in [4.78, 5) is 12.2. The molecule has 0 atom stereocenters. The van der Waals surface area contributed by atoms with E-state index in [1.165, 1.54) is 70.6 Å². The Morgan fingerprint density at radius 3 is 1.95 bits per heavy atom. The SMILES string of the molecule is c1ccc2c(c1)-c1ccccc1-n1c3ccccc3c3cc4c(c-2c31)c1ccccc1n4-c1nc2c(nc1-c1cccc3ccccc13)sc1ccccc12. The molecule has 5 heterocycles. The van der Waals surface area contributed by atoms with Gasteiger partial charge in [0.15, 0.2) is 5.82 Å². The van der Waals surface area contributed by atoms with Crippen molar-refractivity contribution in [2.24, 2.45) is 0 Å². The van der Waals surface area contributed by atoms with Crippen LogP contribution in [-0.4, -0.2) is 19.1 Å². The highest BCUT2D eigenvalue weighted by Gasteiger charge is 2.30. The molecule has 0 bridgehead atoms. The number of para-hydroxylation sites is 3. The number of hydrogen-bond acceptors (Lipinski definition) is 3. The minimum Gasteiger partial charge on any atom is -0.308 e. The Labute approximate surface area is 318 Å². The first kappa shape index (κ1) is 29.4.